The molecule has 10 nitrogen and oxygen atoms in total. The highest BCUT2D eigenvalue weighted by Crippen LogP contribution is 2.37. The van der Waals surface area contributed by atoms with Gasteiger partial charge in [0.15, 0.2) is 5.82 Å². The number of rotatable bonds is 8. The quantitative estimate of drug-likeness (QED) is 0.348. The molecule has 1 aromatic carbocycles. The van der Waals surface area contributed by atoms with Gasteiger partial charge in [-0.2, -0.15) is 9.19 Å². The Morgan fingerprint density at radius 1 is 1.05 bits per heavy atom. The van der Waals surface area contributed by atoms with Crippen LogP contribution in [-0.4, -0.2) is 63.5 Å². The van der Waals surface area contributed by atoms with Crippen molar-refractivity contribution in [3.63, 3.8) is 0 Å². The Morgan fingerprint density at radius 2 is 1.87 bits per heavy atom. The Labute approximate surface area is 222 Å². The van der Waals surface area contributed by atoms with E-state index >= 15 is 0 Å². The normalized spacial score (nSPS) is 19.7. The summed E-state index contributed by atoms with van der Waals surface area (Å²) >= 11 is 0. The van der Waals surface area contributed by atoms with Crippen molar-refractivity contribution in [2.75, 3.05) is 23.8 Å². The van der Waals surface area contributed by atoms with Crippen LogP contribution < -0.4 is 15.5 Å². The smallest absolute Gasteiger partial charge is 0.256 e. The molecule has 198 valence electrons. The number of likely N-dealkylation sites (N-methyl/N-ethyl adjacent to an activating group) is 1. The Kier molecular flexibility index (Phi) is 6.07. The van der Waals surface area contributed by atoms with E-state index < -0.39 is 10.0 Å². The van der Waals surface area contributed by atoms with Gasteiger partial charge in [-0.3, -0.25) is 0 Å². The molecule has 0 amide bonds. The summed E-state index contributed by atoms with van der Waals surface area (Å²) in [7, 11) is -1.43. The van der Waals surface area contributed by atoms with E-state index in [-0.39, 0.29) is 5.25 Å². The van der Waals surface area contributed by atoms with E-state index in [0.29, 0.717) is 53.9 Å². The fourth-order valence-electron chi connectivity index (χ4n) is 5.11. The molecule has 2 fully saturated rings. The monoisotopic (exact) mass is 532 g/mol. The highest BCUT2D eigenvalue weighted by molar-refractivity contribution is 7.90. The minimum atomic E-state index is -3.44. The molecule has 1 saturated carbocycles. The number of anilines is 3. The van der Waals surface area contributed by atoms with Gasteiger partial charge in [0.25, 0.3) is 10.0 Å². The van der Waals surface area contributed by atoms with Crippen LogP contribution in [0.3, 0.4) is 0 Å². The van der Waals surface area contributed by atoms with E-state index in [4.69, 9.17) is 4.98 Å². The van der Waals surface area contributed by atoms with Crippen LogP contribution in [0.15, 0.2) is 49.1 Å². The standard InChI is InChI=1S/C27H32N8O2S/c1-16(2)20-7-8-24(34-15-23(28-4)17(34)3)22-13-30-26(11-21(20)22)32-25-9-10-29-27(33-25)18-12-31-35(14-18)38(36,37)19-5-6-19/h7-14,16-17,19,23,28H,5-6,15H2,1-4H3,(H,29,30,32,33)/t17-,23+/m1/s1. The minimum absolute atomic E-state index is 0.339. The van der Waals surface area contributed by atoms with Gasteiger partial charge in [0, 0.05) is 42.1 Å². The van der Waals surface area contributed by atoms with Crippen molar-refractivity contribution in [2.24, 2.45) is 0 Å². The lowest BCUT2D eigenvalue weighted by Gasteiger charge is -2.48. The zero-order valence-corrected chi connectivity index (χ0v) is 22.8. The molecule has 1 aliphatic carbocycles. The van der Waals surface area contributed by atoms with Crippen LogP contribution in [-0.2, 0) is 10.0 Å². The molecule has 1 aliphatic heterocycles. The molecule has 4 aromatic rings. The molecule has 2 atom stereocenters. The SMILES string of the molecule is CN[C@H]1CN(c2ccc(C(C)C)c3cc(Nc4ccnc(-c5cnn(S(=O)(=O)C6CC6)c5)n4)ncc23)[C@@H]1C. The fraction of sp³-hybridized carbons (Fsp3) is 0.407. The maximum atomic E-state index is 12.5. The van der Waals surface area contributed by atoms with Gasteiger partial charge < -0.3 is 15.5 Å². The topological polar surface area (TPSA) is 118 Å². The third-order valence-corrected chi connectivity index (χ3v) is 9.65. The average molecular weight is 533 g/mol. The zero-order chi connectivity index (χ0) is 26.6. The van der Waals surface area contributed by atoms with Crippen molar-refractivity contribution in [2.45, 2.75) is 56.9 Å². The summed E-state index contributed by atoms with van der Waals surface area (Å²) < 4.78 is 26.0. The highest BCUT2D eigenvalue weighted by atomic mass is 32.2. The van der Waals surface area contributed by atoms with Gasteiger partial charge in [-0.05, 0) is 61.9 Å². The lowest BCUT2D eigenvalue weighted by Crippen LogP contribution is -2.64. The van der Waals surface area contributed by atoms with Crippen molar-refractivity contribution in [3.05, 3.63) is 54.6 Å². The van der Waals surface area contributed by atoms with E-state index in [2.05, 4.69) is 69.6 Å². The van der Waals surface area contributed by atoms with Crippen LogP contribution in [0.5, 0.6) is 0 Å². The average Bonchev–Trinajstić information content (AvgIpc) is 3.65. The first-order chi connectivity index (χ1) is 18.3. The number of nitrogens with one attached hydrogen (secondary N) is 2. The first-order valence-corrected chi connectivity index (χ1v) is 14.5. The lowest BCUT2D eigenvalue weighted by molar-refractivity contribution is 0.355. The van der Waals surface area contributed by atoms with Crippen molar-refractivity contribution in [1.29, 1.82) is 0 Å². The molecule has 2 N–H and O–H groups in total. The van der Waals surface area contributed by atoms with Crippen LogP contribution in [0.1, 0.15) is 45.1 Å². The van der Waals surface area contributed by atoms with Crippen LogP contribution in [0.4, 0.5) is 17.3 Å². The molecule has 38 heavy (non-hydrogen) atoms. The van der Waals surface area contributed by atoms with Crippen molar-refractivity contribution in [1.82, 2.24) is 29.5 Å². The third-order valence-electron chi connectivity index (χ3n) is 7.62. The molecule has 0 spiro atoms. The van der Waals surface area contributed by atoms with Gasteiger partial charge in [-0.15, -0.1) is 0 Å². The Morgan fingerprint density at radius 3 is 2.58 bits per heavy atom. The van der Waals surface area contributed by atoms with Crippen LogP contribution in [0, 0.1) is 0 Å². The van der Waals surface area contributed by atoms with Crippen LogP contribution in [0.2, 0.25) is 0 Å². The van der Waals surface area contributed by atoms with Crippen molar-refractivity contribution >= 4 is 38.1 Å². The molecule has 0 radical (unpaired) electrons. The van der Waals surface area contributed by atoms with Gasteiger partial charge >= 0.3 is 0 Å². The number of aromatic nitrogens is 5. The number of fused-ring (bicyclic) bond motifs is 1. The summed E-state index contributed by atoms with van der Waals surface area (Å²) in [6.07, 6.45) is 7.90. The predicted octanol–water partition coefficient (Wildman–Crippen LogP) is 3.89. The van der Waals surface area contributed by atoms with E-state index in [0.717, 1.165) is 21.4 Å². The van der Waals surface area contributed by atoms with E-state index in [9.17, 15) is 8.42 Å². The fourth-order valence-corrected chi connectivity index (χ4v) is 6.58. The molecule has 0 bridgehead atoms. The number of hydrogen-bond acceptors (Lipinski definition) is 9. The molecule has 0 unspecified atom stereocenters. The number of pyridine rings is 1. The van der Waals surface area contributed by atoms with Gasteiger partial charge in [0.2, 0.25) is 0 Å². The summed E-state index contributed by atoms with van der Waals surface area (Å²) in [5.41, 5.74) is 3.00. The maximum absolute atomic E-state index is 12.5. The largest absolute Gasteiger partial charge is 0.365 e. The molecule has 1 saturated heterocycles. The Balaban J connectivity index is 1.30. The van der Waals surface area contributed by atoms with Crippen molar-refractivity contribution < 1.29 is 8.42 Å². The van der Waals surface area contributed by atoms with Crippen LogP contribution >= 0.6 is 0 Å². The number of nitrogens with zero attached hydrogens (tertiary/aromatic N) is 6. The summed E-state index contributed by atoms with van der Waals surface area (Å²) in [5.74, 6) is 1.99. The second-order valence-corrected chi connectivity index (χ2v) is 12.5. The molecule has 6 rings (SSSR count). The van der Waals surface area contributed by atoms with E-state index in [1.165, 1.54) is 23.6 Å². The number of hydrogen-bond donors (Lipinski definition) is 2. The molecular weight excluding hydrogens is 500 g/mol. The predicted molar refractivity (Wildman–Crippen MR) is 149 cm³/mol. The zero-order valence-electron chi connectivity index (χ0n) is 22.0. The summed E-state index contributed by atoms with van der Waals surface area (Å²) in [4.78, 5) is 16.1. The van der Waals surface area contributed by atoms with Gasteiger partial charge in [0.05, 0.1) is 23.2 Å². The molecule has 2 aliphatic rings. The van der Waals surface area contributed by atoms with Crippen LogP contribution in [0.25, 0.3) is 22.2 Å². The van der Waals surface area contributed by atoms with Gasteiger partial charge in [-0.1, -0.05) is 19.9 Å². The second-order valence-electron chi connectivity index (χ2n) is 10.5. The maximum Gasteiger partial charge on any atom is 0.256 e. The van der Waals surface area contributed by atoms with Gasteiger partial charge in [-0.25, -0.2) is 23.4 Å². The molecule has 4 heterocycles. The minimum Gasteiger partial charge on any atom is -0.365 e. The third kappa shape index (κ3) is 4.29. The van der Waals surface area contributed by atoms with Crippen molar-refractivity contribution in [3.8, 4) is 11.4 Å². The molecule has 3 aromatic heterocycles. The van der Waals surface area contributed by atoms with E-state index in [1.807, 2.05) is 13.2 Å². The summed E-state index contributed by atoms with van der Waals surface area (Å²) in [6, 6.07) is 9.18. The molecular formula is C27H32N8O2S. The highest BCUT2D eigenvalue weighted by Gasteiger charge is 2.38. The Bertz CT molecular complexity index is 1610. The molecule has 11 heteroatoms. The first-order valence-electron chi connectivity index (χ1n) is 13.0. The lowest BCUT2D eigenvalue weighted by atomic mass is 9.92. The first kappa shape index (κ1) is 24.7. The second kappa shape index (κ2) is 9.32. The summed E-state index contributed by atoms with van der Waals surface area (Å²) in [6.45, 7) is 7.61. The summed E-state index contributed by atoms with van der Waals surface area (Å²) in [5, 5.41) is 12.7. The van der Waals surface area contributed by atoms with E-state index in [1.54, 1.807) is 12.3 Å². The number of benzene rings is 1. The Hall–Kier alpha value is -3.57. The van der Waals surface area contributed by atoms with Gasteiger partial charge in [0.1, 0.15) is 11.6 Å².